The number of esters is 1. The number of unbranched alkanes of at least 4 members (excludes halogenated alkanes) is 1. The molecule has 210 valence electrons. The molecule has 0 saturated carbocycles. The highest BCUT2D eigenvalue weighted by molar-refractivity contribution is 6.39. The van der Waals surface area contributed by atoms with Crippen LogP contribution in [0.25, 0.3) is 0 Å². The molecule has 1 unspecified atom stereocenters. The molecule has 0 spiro atoms. The summed E-state index contributed by atoms with van der Waals surface area (Å²) in [4.78, 5) is 26.0. The van der Waals surface area contributed by atoms with Crippen LogP contribution in [0, 0.1) is 0 Å². The van der Waals surface area contributed by atoms with Crippen molar-refractivity contribution in [1.82, 2.24) is 10.6 Å². The van der Waals surface area contributed by atoms with Gasteiger partial charge in [0.25, 0.3) is 5.91 Å². The van der Waals surface area contributed by atoms with Crippen LogP contribution < -0.4 is 15.4 Å². The Hall–Kier alpha value is -2.56. The number of phenols is 1. The van der Waals surface area contributed by atoms with Gasteiger partial charge >= 0.3 is 5.97 Å². The van der Waals surface area contributed by atoms with E-state index in [4.69, 9.17) is 42.1 Å². The third kappa shape index (κ3) is 10.7. The molecule has 0 saturated heterocycles. The minimum Gasteiger partial charge on any atom is -0.505 e. The molecule has 0 aromatic heterocycles. The molecule has 1 atom stereocenters. The van der Waals surface area contributed by atoms with Crippen LogP contribution in [0.4, 0.5) is 0 Å². The second kappa shape index (κ2) is 15.8. The monoisotopic (exact) mass is 570 g/mol. The molecule has 1 amide bonds. The van der Waals surface area contributed by atoms with E-state index >= 15 is 0 Å². The van der Waals surface area contributed by atoms with E-state index in [9.17, 15) is 14.7 Å². The van der Waals surface area contributed by atoms with Crippen LogP contribution in [0.5, 0.6) is 11.5 Å². The van der Waals surface area contributed by atoms with Crippen LogP contribution in [-0.4, -0.2) is 62.4 Å². The Morgan fingerprint density at radius 3 is 2.45 bits per heavy atom. The Morgan fingerprint density at radius 2 is 1.79 bits per heavy atom. The first-order valence-corrected chi connectivity index (χ1v) is 13.0. The number of rotatable bonds is 15. The Morgan fingerprint density at radius 1 is 1.08 bits per heavy atom. The van der Waals surface area contributed by atoms with E-state index in [0.29, 0.717) is 6.61 Å². The van der Waals surface area contributed by atoms with Crippen molar-refractivity contribution in [2.24, 2.45) is 0 Å². The van der Waals surface area contributed by atoms with Crippen molar-refractivity contribution >= 4 is 35.1 Å². The summed E-state index contributed by atoms with van der Waals surface area (Å²) < 4.78 is 21.5. The first-order valence-electron chi connectivity index (χ1n) is 12.2. The maximum Gasteiger partial charge on any atom is 0.331 e. The van der Waals surface area contributed by atoms with E-state index in [0.717, 1.165) is 24.9 Å². The lowest BCUT2D eigenvalue weighted by molar-refractivity contribution is -0.182. The predicted molar refractivity (Wildman–Crippen MR) is 146 cm³/mol. The van der Waals surface area contributed by atoms with Crippen molar-refractivity contribution in [3.8, 4) is 11.5 Å². The molecule has 0 aliphatic carbocycles. The summed E-state index contributed by atoms with van der Waals surface area (Å²) in [7, 11) is 1.86. The second-order valence-corrected chi connectivity index (χ2v) is 10.2. The van der Waals surface area contributed by atoms with Gasteiger partial charge in [-0.15, -0.1) is 0 Å². The number of benzene rings is 2. The van der Waals surface area contributed by atoms with Crippen molar-refractivity contribution in [3.05, 3.63) is 57.6 Å². The average molecular weight is 571 g/mol. The minimum atomic E-state index is -1.09. The number of carbonyl (C=O) groups is 2. The average Bonchev–Trinajstić information content (AvgIpc) is 2.87. The molecule has 11 heteroatoms. The fraction of sp³-hybridized carbons (Fsp3) is 0.481. The van der Waals surface area contributed by atoms with Gasteiger partial charge in [0.1, 0.15) is 11.1 Å². The Balaban J connectivity index is 2.11. The lowest BCUT2D eigenvalue weighted by atomic mass is 10.1. The van der Waals surface area contributed by atoms with E-state index in [1.165, 1.54) is 6.07 Å². The topological polar surface area (TPSA) is 115 Å². The van der Waals surface area contributed by atoms with Gasteiger partial charge in [-0.05, 0) is 58.8 Å². The molecule has 3 N–H and O–H groups in total. The molecule has 9 nitrogen and oxygen atoms in total. The fourth-order valence-electron chi connectivity index (χ4n) is 3.21. The molecule has 0 bridgehead atoms. The van der Waals surface area contributed by atoms with Crippen LogP contribution >= 0.6 is 23.2 Å². The van der Waals surface area contributed by atoms with Crippen molar-refractivity contribution in [2.75, 3.05) is 33.8 Å². The number of hydrogen-bond donors (Lipinski definition) is 3. The highest BCUT2D eigenvalue weighted by Gasteiger charge is 2.27. The number of hydrogen-bond acceptors (Lipinski definition) is 8. The van der Waals surface area contributed by atoms with Crippen LogP contribution in [0.15, 0.2) is 36.4 Å². The minimum absolute atomic E-state index is 0.0565. The number of aromatic hydroxyl groups is 1. The van der Waals surface area contributed by atoms with Gasteiger partial charge in [-0.3, -0.25) is 4.79 Å². The number of phenolic OH excluding ortho intramolecular Hbond substituents is 1. The van der Waals surface area contributed by atoms with E-state index in [-0.39, 0.29) is 41.4 Å². The summed E-state index contributed by atoms with van der Waals surface area (Å²) in [6, 6.07) is 9.26. The fourth-order valence-corrected chi connectivity index (χ4v) is 3.77. The van der Waals surface area contributed by atoms with Gasteiger partial charge < -0.3 is 34.7 Å². The van der Waals surface area contributed by atoms with Gasteiger partial charge in [0.15, 0.2) is 25.1 Å². The number of carbonyl (C=O) groups excluding carboxylic acids is 2. The quantitative estimate of drug-likeness (QED) is 0.160. The summed E-state index contributed by atoms with van der Waals surface area (Å²) in [6.45, 7) is 6.34. The maximum absolute atomic E-state index is 13.1. The van der Waals surface area contributed by atoms with E-state index in [1.54, 1.807) is 0 Å². The maximum atomic E-state index is 13.1. The molecule has 0 heterocycles. The first kappa shape index (κ1) is 31.7. The van der Waals surface area contributed by atoms with Crippen LogP contribution in [0.1, 0.15) is 49.5 Å². The van der Waals surface area contributed by atoms with Crippen LogP contribution in [0.2, 0.25) is 10.0 Å². The summed E-state index contributed by atoms with van der Waals surface area (Å²) in [5, 5.41) is 16.1. The molecule has 38 heavy (non-hydrogen) atoms. The van der Waals surface area contributed by atoms with Crippen molar-refractivity contribution < 1.29 is 33.6 Å². The highest BCUT2D eigenvalue weighted by atomic mass is 35.5. The van der Waals surface area contributed by atoms with E-state index < -0.39 is 29.3 Å². The molecule has 2 rings (SSSR count). The third-order valence-electron chi connectivity index (χ3n) is 5.19. The smallest absolute Gasteiger partial charge is 0.331 e. The molecule has 0 aliphatic rings. The molecule has 0 radical (unpaired) electrons. The normalized spacial score (nSPS) is 12.2. The zero-order valence-corrected chi connectivity index (χ0v) is 23.7. The van der Waals surface area contributed by atoms with Crippen molar-refractivity contribution in [3.63, 3.8) is 0 Å². The zero-order valence-electron chi connectivity index (χ0n) is 22.1. The Kier molecular flexibility index (Phi) is 13.1. The Bertz CT molecular complexity index is 1050. The lowest BCUT2D eigenvalue weighted by Crippen LogP contribution is -2.43. The standard InChI is InChI=1S/C27H36Cl2N2O7/c1-27(2,3)38-17-35-16-37-26(34)21(14-18-10-6-5-7-11-18)31-25(33)19-15-20(28)24(22(29)23(19)32)36-13-9-8-12-30-4/h5-7,10-11,15,21,30,32H,8-9,12-14,16-17H2,1-4H3,(H,31,33). The van der Waals surface area contributed by atoms with Crippen LogP contribution in [0.3, 0.4) is 0 Å². The molecule has 2 aromatic carbocycles. The Labute approximate surface area is 233 Å². The molecular formula is C27H36Cl2N2O7. The summed E-state index contributed by atoms with van der Waals surface area (Å²) in [6.07, 6.45) is 1.76. The van der Waals surface area contributed by atoms with E-state index in [1.807, 2.05) is 58.2 Å². The van der Waals surface area contributed by atoms with E-state index in [2.05, 4.69) is 10.6 Å². The molecule has 2 aromatic rings. The highest BCUT2D eigenvalue weighted by Crippen LogP contribution is 2.42. The van der Waals surface area contributed by atoms with Crippen molar-refractivity contribution in [2.45, 2.75) is 51.7 Å². The summed E-state index contributed by atoms with van der Waals surface area (Å²) in [5.74, 6) is -1.91. The van der Waals surface area contributed by atoms with Crippen LogP contribution in [-0.2, 0) is 25.4 Å². The van der Waals surface area contributed by atoms with Gasteiger partial charge in [-0.25, -0.2) is 4.79 Å². The third-order valence-corrected chi connectivity index (χ3v) is 5.83. The van der Waals surface area contributed by atoms with Crippen molar-refractivity contribution in [1.29, 1.82) is 0 Å². The lowest BCUT2D eigenvalue weighted by Gasteiger charge is -2.21. The second-order valence-electron chi connectivity index (χ2n) is 9.43. The first-order chi connectivity index (χ1) is 18.0. The number of amides is 1. The number of ether oxygens (including phenoxy) is 4. The van der Waals surface area contributed by atoms with Gasteiger partial charge in [0.05, 0.1) is 22.8 Å². The van der Waals surface area contributed by atoms with Gasteiger partial charge in [-0.1, -0.05) is 53.5 Å². The zero-order chi connectivity index (χ0) is 28.1. The predicted octanol–water partition coefficient (Wildman–Crippen LogP) is 4.71. The van der Waals surface area contributed by atoms with Gasteiger partial charge in [-0.2, -0.15) is 0 Å². The molecular weight excluding hydrogens is 535 g/mol. The largest absolute Gasteiger partial charge is 0.505 e. The summed E-state index contributed by atoms with van der Waals surface area (Å²) in [5.41, 5.74) is 0.170. The number of nitrogens with one attached hydrogen (secondary N) is 2. The number of halogens is 2. The summed E-state index contributed by atoms with van der Waals surface area (Å²) >= 11 is 12.6. The molecule has 0 aliphatic heterocycles. The molecule has 0 fully saturated rings. The SMILES string of the molecule is CNCCCCOc1c(Cl)cc(C(=O)NC(Cc2ccccc2)C(=O)OCOCOC(C)(C)C)c(O)c1Cl. The van der Waals surface area contributed by atoms with Gasteiger partial charge in [0.2, 0.25) is 0 Å². The van der Waals surface area contributed by atoms with Gasteiger partial charge in [0, 0.05) is 6.42 Å².